The molecule has 182 valence electrons. The van der Waals surface area contributed by atoms with Crippen LogP contribution in [-0.2, 0) is 23.0 Å². The first-order valence-corrected chi connectivity index (χ1v) is 10.1. The van der Waals surface area contributed by atoms with Crippen molar-refractivity contribution >= 4 is 11.7 Å². The van der Waals surface area contributed by atoms with Crippen molar-refractivity contribution < 1.29 is 41.3 Å². The Kier molecular flexibility index (Phi) is 6.72. The van der Waals surface area contributed by atoms with Gasteiger partial charge >= 0.3 is 6.18 Å². The zero-order valence-corrected chi connectivity index (χ0v) is 18.3. The fourth-order valence-electron chi connectivity index (χ4n) is 4.13. The van der Waals surface area contributed by atoms with E-state index in [1.165, 1.54) is 17.7 Å². The lowest BCUT2D eigenvalue weighted by atomic mass is 9.77. The van der Waals surface area contributed by atoms with Gasteiger partial charge in [0.1, 0.15) is 17.7 Å². The molecule has 0 spiro atoms. The number of nitrogens with zero attached hydrogens (tertiary/aromatic N) is 2. The van der Waals surface area contributed by atoms with Gasteiger partial charge in [0.05, 0.1) is 19.9 Å². The monoisotopic (exact) mass is 477 g/mol. The summed E-state index contributed by atoms with van der Waals surface area (Å²) in [6, 6.07) is 1.86. The van der Waals surface area contributed by atoms with Crippen molar-refractivity contribution in [2.75, 3.05) is 19.0 Å². The number of benzene rings is 1. The Balaban J connectivity index is 2.06. The number of methoxy groups -OCH3 is 1. The number of aliphatic hydroxyl groups is 1. The number of rotatable bonds is 6. The molecule has 1 aliphatic rings. The van der Waals surface area contributed by atoms with E-state index in [0.717, 1.165) is 26.2 Å². The Hall–Kier alpha value is -2.73. The minimum absolute atomic E-state index is 0.122. The molecule has 1 aromatic heterocycles. The van der Waals surface area contributed by atoms with Gasteiger partial charge in [-0.2, -0.15) is 17.6 Å². The van der Waals surface area contributed by atoms with Crippen LogP contribution in [0.3, 0.4) is 0 Å². The van der Waals surface area contributed by atoms with Crippen molar-refractivity contribution in [3.8, 4) is 5.75 Å². The highest BCUT2D eigenvalue weighted by Gasteiger charge is 2.66. The molecule has 1 fully saturated rings. The van der Waals surface area contributed by atoms with Gasteiger partial charge in [0.2, 0.25) is 5.82 Å². The van der Waals surface area contributed by atoms with Crippen LogP contribution in [0.15, 0.2) is 18.3 Å². The summed E-state index contributed by atoms with van der Waals surface area (Å²) in [5.41, 5.74) is -2.87. The normalized spacial score (nSPS) is 25.3. The Morgan fingerprint density at radius 3 is 2.61 bits per heavy atom. The average molecular weight is 477 g/mol. The standard InChI is InChI=1S/C21H24F5N3O4/c1-10-15(11-5-6-12(22)16(23)17(11)32-4)18(33-20(10,2)21(24,25)26)19(31)28-14-9-27-13(7-8-30)29(14)3/h5-6,9-10,15,18,30H,7-8H2,1-4H3,(H,28,31)/t10-,15-,18+,20+/m0/s1. The third-order valence-corrected chi connectivity index (χ3v) is 6.24. The van der Waals surface area contributed by atoms with Crippen molar-refractivity contribution in [1.82, 2.24) is 9.55 Å². The predicted octanol–water partition coefficient (Wildman–Crippen LogP) is 3.32. The summed E-state index contributed by atoms with van der Waals surface area (Å²) in [4.78, 5) is 17.2. The molecule has 2 N–H and O–H groups in total. The number of amides is 1. The van der Waals surface area contributed by atoms with E-state index in [0.29, 0.717) is 5.82 Å². The number of aromatic nitrogens is 2. The van der Waals surface area contributed by atoms with Crippen LogP contribution in [0.5, 0.6) is 5.75 Å². The molecule has 1 aromatic carbocycles. The van der Waals surface area contributed by atoms with Gasteiger partial charge in [0, 0.05) is 30.9 Å². The molecule has 2 heterocycles. The van der Waals surface area contributed by atoms with Crippen LogP contribution in [0, 0.1) is 17.6 Å². The first-order chi connectivity index (χ1) is 15.4. The van der Waals surface area contributed by atoms with Crippen LogP contribution in [-0.4, -0.2) is 52.2 Å². The van der Waals surface area contributed by atoms with Gasteiger partial charge in [-0.05, 0) is 13.0 Å². The van der Waals surface area contributed by atoms with Crippen molar-refractivity contribution in [3.05, 3.63) is 41.4 Å². The van der Waals surface area contributed by atoms with E-state index < -0.39 is 53.0 Å². The predicted molar refractivity (Wildman–Crippen MR) is 107 cm³/mol. The lowest BCUT2D eigenvalue weighted by molar-refractivity contribution is -0.272. The molecule has 12 heteroatoms. The molecule has 0 bridgehead atoms. The summed E-state index contributed by atoms with van der Waals surface area (Å²) in [7, 11) is 2.61. The number of aliphatic hydroxyl groups excluding tert-OH is 1. The molecule has 1 aliphatic heterocycles. The van der Waals surface area contributed by atoms with E-state index >= 15 is 0 Å². The number of anilines is 1. The quantitative estimate of drug-likeness (QED) is 0.624. The van der Waals surface area contributed by atoms with Crippen molar-refractivity contribution in [2.45, 2.75) is 44.1 Å². The maximum atomic E-state index is 14.4. The number of hydrogen-bond acceptors (Lipinski definition) is 5. The maximum absolute atomic E-state index is 14.4. The van der Waals surface area contributed by atoms with Gasteiger partial charge in [-0.3, -0.25) is 4.79 Å². The van der Waals surface area contributed by atoms with Crippen LogP contribution in [0.1, 0.15) is 31.2 Å². The number of alkyl halides is 3. The molecule has 7 nitrogen and oxygen atoms in total. The number of carbonyl (C=O) groups is 1. The first-order valence-electron chi connectivity index (χ1n) is 10.1. The fourth-order valence-corrected chi connectivity index (χ4v) is 4.13. The van der Waals surface area contributed by atoms with Crippen LogP contribution >= 0.6 is 0 Å². The van der Waals surface area contributed by atoms with E-state index in [1.54, 1.807) is 7.05 Å². The molecule has 1 saturated heterocycles. The molecule has 0 unspecified atom stereocenters. The highest BCUT2D eigenvalue weighted by Crippen LogP contribution is 2.55. The zero-order valence-electron chi connectivity index (χ0n) is 18.3. The highest BCUT2D eigenvalue weighted by molar-refractivity contribution is 5.94. The van der Waals surface area contributed by atoms with E-state index in [4.69, 9.17) is 14.6 Å². The van der Waals surface area contributed by atoms with E-state index in [-0.39, 0.29) is 24.4 Å². The minimum Gasteiger partial charge on any atom is -0.493 e. The molecule has 0 aliphatic carbocycles. The van der Waals surface area contributed by atoms with Gasteiger partial charge in [-0.15, -0.1) is 0 Å². The van der Waals surface area contributed by atoms with Gasteiger partial charge in [-0.25, -0.2) is 9.37 Å². The lowest BCUT2D eigenvalue weighted by Crippen LogP contribution is -2.47. The van der Waals surface area contributed by atoms with E-state index in [9.17, 15) is 26.7 Å². The van der Waals surface area contributed by atoms with Crippen LogP contribution in [0.25, 0.3) is 0 Å². The fraction of sp³-hybridized carbons (Fsp3) is 0.524. The number of halogens is 5. The highest BCUT2D eigenvalue weighted by atomic mass is 19.4. The number of hydrogen-bond donors (Lipinski definition) is 2. The number of imidazole rings is 1. The molecule has 3 rings (SSSR count). The van der Waals surface area contributed by atoms with E-state index in [2.05, 4.69) is 10.3 Å². The van der Waals surface area contributed by atoms with Gasteiger partial charge in [-0.1, -0.05) is 13.0 Å². The second-order valence-electron chi connectivity index (χ2n) is 8.02. The topological polar surface area (TPSA) is 85.6 Å². The minimum atomic E-state index is -4.85. The Morgan fingerprint density at radius 2 is 2.03 bits per heavy atom. The van der Waals surface area contributed by atoms with Crippen molar-refractivity contribution in [1.29, 1.82) is 0 Å². The zero-order chi connectivity index (χ0) is 24.7. The Bertz CT molecular complexity index is 1040. The van der Waals surface area contributed by atoms with Crippen LogP contribution in [0.2, 0.25) is 0 Å². The molecular formula is C21H24F5N3O4. The molecule has 2 aromatic rings. The lowest BCUT2D eigenvalue weighted by Gasteiger charge is -2.32. The maximum Gasteiger partial charge on any atom is 0.417 e. The molecule has 0 radical (unpaired) electrons. The SMILES string of the molecule is COc1c([C@H]2[C@H](C(=O)Nc3cnc(CCO)n3C)O[C@@](C)(C(F)(F)F)[C@H]2C)ccc(F)c1F. The smallest absolute Gasteiger partial charge is 0.417 e. The third kappa shape index (κ3) is 4.17. The number of ether oxygens (including phenoxy) is 2. The third-order valence-electron chi connectivity index (χ3n) is 6.24. The second-order valence-corrected chi connectivity index (χ2v) is 8.02. The summed E-state index contributed by atoms with van der Waals surface area (Å²) in [6.45, 7) is 1.85. The summed E-state index contributed by atoms with van der Waals surface area (Å²) in [5.74, 6) is -6.20. The van der Waals surface area contributed by atoms with Crippen LogP contribution in [0.4, 0.5) is 27.8 Å². The average Bonchev–Trinajstić information content (AvgIpc) is 3.22. The van der Waals surface area contributed by atoms with Crippen molar-refractivity contribution in [3.63, 3.8) is 0 Å². The molecule has 1 amide bonds. The van der Waals surface area contributed by atoms with Gasteiger partial charge in [0.25, 0.3) is 5.91 Å². The summed E-state index contributed by atoms with van der Waals surface area (Å²) < 4.78 is 81.7. The molecule has 33 heavy (non-hydrogen) atoms. The molecular weight excluding hydrogens is 453 g/mol. The largest absolute Gasteiger partial charge is 0.493 e. The summed E-state index contributed by atoms with van der Waals surface area (Å²) in [5, 5.41) is 11.6. The van der Waals surface area contributed by atoms with E-state index in [1.807, 2.05) is 0 Å². The Labute approximate surface area is 186 Å². The number of nitrogens with one attached hydrogen (secondary N) is 1. The van der Waals surface area contributed by atoms with Crippen molar-refractivity contribution in [2.24, 2.45) is 13.0 Å². The number of carbonyl (C=O) groups excluding carboxylic acids is 1. The Morgan fingerprint density at radius 1 is 1.36 bits per heavy atom. The molecule has 0 saturated carbocycles. The summed E-state index contributed by atoms with van der Waals surface area (Å²) in [6.07, 6.45) is -5.07. The first kappa shape index (κ1) is 24.9. The summed E-state index contributed by atoms with van der Waals surface area (Å²) >= 11 is 0. The van der Waals surface area contributed by atoms with Gasteiger partial charge < -0.3 is 24.5 Å². The molecule has 4 atom stereocenters. The van der Waals surface area contributed by atoms with Crippen LogP contribution < -0.4 is 10.1 Å². The second kappa shape index (κ2) is 8.90. The van der Waals surface area contributed by atoms with Gasteiger partial charge in [0.15, 0.2) is 17.2 Å².